The highest BCUT2D eigenvalue weighted by Gasteiger charge is 2.15. The molecule has 7 heteroatoms. The number of aromatic nitrogens is 2. The first kappa shape index (κ1) is 20.8. The maximum atomic E-state index is 13.8. The van der Waals surface area contributed by atoms with Gasteiger partial charge < -0.3 is 5.32 Å². The molecule has 0 saturated heterocycles. The normalized spacial score (nSPS) is 10.9. The minimum absolute atomic E-state index is 0.0921. The molecule has 31 heavy (non-hydrogen) atoms. The van der Waals surface area contributed by atoms with E-state index >= 15 is 0 Å². The van der Waals surface area contributed by atoms with Crippen molar-refractivity contribution in [3.63, 3.8) is 0 Å². The van der Waals surface area contributed by atoms with E-state index in [4.69, 9.17) is 0 Å². The molecule has 5 nitrogen and oxygen atoms in total. The van der Waals surface area contributed by atoms with E-state index in [0.29, 0.717) is 28.3 Å². The molecule has 1 N–H and O–H groups in total. The van der Waals surface area contributed by atoms with Crippen LogP contribution in [0, 0.1) is 5.82 Å². The van der Waals surface area contributed by atoms with E-state index in [1.807, 2.05) is 30.3 Å². The van der Waals surface area contributed by atoms with Crippen molar-refractivity contribution in [2.75, 3.05) is 12.3 Å². The van der Waals surface area contributed by atoms with Crippen LogP contribution >= 0.6 is 11.8 Å². The molecular formula is C24H20FN3O2S. The molecule has 0 spiro atoms. The number of para-hydroxylation sites is 1. The summed E-state index contributed by atoms with van der Waals surface area (Å²) in [4.78, 5) is 30.0. The lowest BCUT2D eigenvalue weighted by atomic mass is 10.1. The Morgan fingerprint density at radius 1 is 1.00 bits per heavy atom. The Balaban J connectivity index is 1.54. The Kier molecular flexibility index (Phi) is 6.43. The number of halogens is 1. The zero-order valence-corrected chi connectivity index (χ0v) is 17.4. The van der Waals surface area contributed by atoms with Gasteiger partial charge in [0.15, 0.2) is 5.16 Å². The van der Waals surface area contributed by atoms with Crippen LogP contribution < -0.4 is 10.9 Å². The summed E-state index contributed by atoms with van der Waals surface area (Å²) in [7, 11) is 0. The number of carbonyl (C=O) groups excluding carboxylic acids is 1. The van der Waals surface area contributed by atoms with Crippen molar-refractivity contribution in [1.29, 1.82) is 0 Å². The molecule has 0 fully saturated rings. The van der Waals surface area contributed by atoms with Gasteiger partial charge in [0.25, 0.3) is 5.56 Å². The Morgan fingerprint density at radius 2 is 1.77 bits per heavy atom. The molecule has 0 atom stereocenters. The van der Waals surface area contributed by atoms with Crippen molar-refractivity contribution in [3.05, 3.63) is 101 Å². The van der Waals surface area contributed by atoms with Gasteiger partial charge >= 0.3 is 0 Å². The fraction of sp³-hybridized carbons (Fsp3) is 0.125. The predicted octanol–water partition coefficient (Wildman–Crippen LogP) is 3.98. The summed E-state index contributed by atoms with van der Waals surface area (Å²) in [6, 6.07) is 22.7. The lowest BCUT2D eigenvalue weighted by molar-refractivity contribution is -0.118. The number of amides is 1. The zero-order valence-electron chi connectivity index (χ0n) is 16.6. The van der Waals surface area contributed by atoms with Crippen LogP contribution in [0.3, 0.4) is 0 Å². The second kappa shape index (κ2) is 9.57. The molecule has 0 aliphatic heterocycles. The van der Waals surface area contributed by atoms with E-state index in [1.54, 1.807) is 30.3 Å². The molecule has 0 radical (unpaired) electrons. The van der Waals surface area contributed by atoms with Gasteiger partial charge in [-0.1, -0.05) is 60.3 Å². The molecule has 3 aromatic carbocycles. The summed E-state index contributed by atoms with van der Waals surface area (Å²) >= 11 is 1.15. The molecule has 1 amide bonds. The summed E-state index contributed by atoms with van der Waals surface area (Å²) in [5.41, 5.74) is 1.75. The number of thioether (sulfide) groups is 1. The Morgan fingerprint density at radius 3 is 2.58 bits per heavy atom. The first-order valence-electron chi connectivity index (χ1n) is 9.83. The van der Waals surface area contributed by atoms with Gasteiger partial charge in [-0.15, -0.1) is 0 Å². The number of nitrogens with zero attached hydrogens (tertiary/aromatic N) is 2. The Bertz CT molecular complexity index is 1270. The molecule has 0 aliphatic carbocycles. The summed E-state index contributed by atoms with van der Waals surface area (Å²) in [5.74, 6) is -0.518. The molecule has 0 saturated carbocycles. The third-order valence-electron chi connectivity index (χ3n) is 4.72. The molecule has 4 rings (SSSR count). The highest BCUT2D eigenvalue weighted by atomic mass is 32.2. The Hall–Kier alpha value is -3.45. The van der Waals surface area contributed by atoms with Crippen LogP contribution in [0.4, 0.5) is 4.39 Å². The minimum atomic E-state index is -0.452. The molecule has 0 aliphatic rings. The van der Waals surface area contributed by atoms with Gasteiger partial charge in [0, 0.05) is 6.54 Å². The van der Waals surface area contributed by atoms with Crippen LogP contribution in [-0.4, -0.2) is 27.8 Å². The van der Waals surface area contributed by atoms with E-state index in [0.717, 1.165) is 23.7 Å². The molecule has 0 bridgehead atoms. The largest absolute Gasteiger partial charge is 0.355 e. The van der Waals surface area contributed by atoms with Gasteiger partial charge in [0.1, 0.15) is 5.82 Å². The summed E-state index contributed by atoms with van der Waals surface area (Å²) in [6.45, 7) is 0.519. The van der Waals surface area contributed by atoms with Crippen LogP contribution in [0.2, 0.25) is 0 Å². The number of hydrogen-bond acceptors (Lipinski definition) is 4. The van der Waals surface area contributed by atoms with Crippen LogP contribution in [0.1, 0.15) is 5.56 Å². The van der Waals surface area contributed by atoms with Crippen molar-refractivity contribution in [2.45, 2.75) is 11.6 Å². The van der Waals surface area contributed by atoms with Crippen molar-refractivity contribution < 1.29 is 9.18 Å². The average Bonchev–Trinajstić information content (AvgIpc) is 2.78. The van der Waals surface area contributed by atoms with Crippen LogP contribution in [0.15, 0.2) is 88.8 Å². The number of carbonyl (C=O) groups is 1. The number of hydrogen-bond donors (Lipinski definition) is 1. The van der Waals surface area contributed by atoms with E-state index in [2.05, 4.69) is 10.3 Å². The molecule has 1 aromatic heterocycles. The molecular weight excluding hydrogens is 413 g/mol. The third-order valence-corrected chi connectivity index (χ3v) is 5.66. The number of fused-ring (bicyclic) bond motifs is 1. The summed E-state index contributed by atoms with van der Waals surface area (Å²) < 4.78 is 15.2. The fourth-order valence-corrected chi connectivity index (χ4v) is 4.07. The van der Waals surface area contributed by atoms with Gasteiger partial charge in [0.2, 0.25) is 5.91 Å². The van der Waals surface area contributed by atoms with Crippen molar-refractivity contribution in [1.82, 2.24) is 14.9 Å². The van der Waals surface area contributed by atoms with Gasteiger partial charge in [-0.25, -0.2) is 9.37 Å². The molecule has 1 heterocycles. The second-order valence-corrected chi connectivity index (χ2v) is 7.85. The van der Waals surface area contributed by atoms with Gasteiger partial charge in [-0.05, 0) is 42.3 Å². The van der Waals surface area contributed by atoms with Crippen molar-refractivity contribution in [2.24, 2.45) is 0 Å². The van der Waals surface area contributed by atoms with E-state index in [-0.39, 0.29) is 17.2 Å². The van der Waals surface area contributed by atoms with E-state index < -0.39 is 5.82 Å². The zero-order chi connectivity index (χ0) is 21.6. The third kappa shape index (κ3) is 5.00. The topological polar surface area (TPSA) is 64.0 Å². The fourth-order valence-electron chi connectivity index (χ4n) is 3.22. The van der Waals surface area contributed by atoms with Crippen molar-refractivity contribution in [3.8, 4) is 5.69 Å². The standard InChI is InChI=1S/C24H20FN3O2S/c25-18-9-6-10-19(15-18)28-23(30)20-11-4-5-12-21(20)27-24(28)31-16-22(29)26-14-13-17-7-2-1-3-8-17/h1-12,15H,13-14,16H2,(H,26,29). The van der Waals surface area contributed by atoms with E-state index in [1.165, 1.54) is 22.8 Å². The molecule has 4 aromatic rings. The molecule has 0 unspecified atom stereocenters. The second-order valence-electron chi connectivity index (χ2n) is 6.91. The van der Waals surface area contributed by atoms with Crippen LogP contribution in [-0.2, 0) is 11.2 Å². The maximum Gasteiger partial charge on any atom is 0.266 e. The van der Waals surface area contributed by atoms with E-state index in [9.17, 15) is 14.0 Å². The lowest BCUT2D eigenvalue weighted by Gasteiger charge is -2.13. The monoisotopic (exact) mass is 433 g/mol. The average molecular weight is 434 g/mol. The predicted molar refractivity (Wildman–Crippen MR) is 121 cm³/mol. The first-order chi connectivity index (χ1) is 15.1. The smallest absolute Gasteiger partial charge is 0.266 e. The Labute approximate surface area is 182 Å². The van der Waals surface area contributed by atoms with Gasteiger partial charge in [-0.2, -0.15) is 0 Å². The number of benzene rings is 3. The highest BCUT2D eigenvalue weighted by molar-refractivity contribution is 7.99. The van der Waals surface area contributed by atoms with Crippen LogP contribution in [0.25, 0.3) is 16.6 Å². The number of nitrogens with one attached hydrogen (secondary N) is 1. The van der Waals surface area contributed by atoms with Gasteiger partial charge in [-0.3, -0.25) is 14.2 Å². The number of rotatable bonds is 7. The highest BCUT2D eigenvalue weighted by Crippen LogP contribution is 2.21. The lowest BCUT2D eigenvalue weighted by Crippen LogP contribution is -2.28. The molecule has 156 valence electrons. The summed E-state index contributed by atoms with van der Waals surface area (Å²) in [5, 5.41) is 3.66. The quantitative estimate of drug-likeness (QED) is 0.354. The minimum Gasteiger partial charge on any atom is -0.355 e. The van der Waals surface area contributed by atoms with Crippen LogP contribution in [0.5, 0.6) is 0 Å². The van der Waals surface area contributed by atoms with Gasteiger partial charge in [0.05, 0.1) is 22.3 Å². The first-order valence-corrected chi connectivity index (χ1v) is 10.8. The SMILES string of the molecule is O=C(CSc1nc2ccccc2c(=O)n1-c1cccc(F)c1)NCCc1ccccc1. The van der Waals surface area contributed by atoms with Crippen molar-refractivity contribution >= 4 is 28.6 Å². The maximum absolute atomic E-state index is 13.8. The summed E-state index contributed by atoms with van der Waals surface area (Å²) in [6.07, 6.45) is 0.736.